The number of nitrogens with two attached hydrogens (primary N) is 2. The molecule has 0 heterocycles. The Morgan fingerprint density at radius 2 is 0.971 bits per heavy atom. The number of carboxylic acids is 2. The highest BCUT2D eigenvalue weighted by Crippen LogP contribution is 2.09. The van der Waals surface area contributed by atoms with Gasteiger partial charge in [0.2, 0.25) is 0 Å². The van der Waals surface area contributed by atoms with Crippen LogP contribution in [-0.4, -0.2) is 70.7 Å². The number of unbranched alkanes of at least 4 members (excludes halogenated alkanes) is 2. The number of hydrogen-bond acceptors (Lipinski definition) is 8. The van der Waals surface area contributed by atoms with Gasteiger partial charge in [-0.15, -0.1) is 0 Å². The highest BCUT2D eigenvalue weighted by atomic mass is 16.6. The molecule has 12 heteroatoms. The largest absolute Gasteiger partial charge is 0.480 e. The lowest BCUT2D eigenvalue weighted by Gasteiger charge is -2.22. The van der Waals surface area contributed by atoms with Crippen molar-refractivity contribution in [1.29, 1.82) is 0 Å². The number of carboxylic acid groups (broad SMARTS) is 2. The highest BCUT2D eigenvalue weighted by molar-refractivity contribution is 5.80. The summed E-state index contributed by atoms with van der Waals surface area (Å²) >= 11 is 0. The molecule has 0 radical (unpaired) electrons. The molecule has 0 rings (SSSR count). The molecule has 34 heavy (non-hydrogen) atoms. The summed E-state index contributed by atoms with van der Waals surface area (Å²) in [7, 11) is 0. The second kappa shape index (κ2) is 16.9. The van der Waals surface area contributed by atoms with Crippen molar-refractivity contribution in [3.8, 4) is 0 Å². The zero-order valence-electron chi connectivity index (χ0n) is 21.3. The standard InChI is InChI=1S/2C11H22N2O4/c2*1-11(2,3)17-10(16)13-8(9(14)15)6-4-5-7-12/h2*8H,4-7,12H2,1-3H3,(H,13,16)(H,14,15)/t2*8-/m00/s1. The minimum atomic E-state index is -1.06. The molecule has 0 aromatic carbocycles. The second-order valence-corrected chi connectivity index (χ2v) is 9.64. The maximum absolute atomic E-state index is 11.4. The Labute approximate surface area is 202 Å². The lowest BCUT2D eigenvalue weighted by molar-refractivity contribution is -0.140. The molecule has 0 bridgehead atoms. The Morgan fingerprint density at radius 1 is 0.676 bits per heavy atom. The maximum Gasteiger partial charge on any atom is 0.408 e. The zero-order valence-corrected chi connectivity index (χ0v) is 21.3. The molecule has 8 N–H and O–H groups in total. The number of amides is 2. The van der Waals surface area contributed by atoms with Gasteiger partial charge >= 0.3 is 24.1 Å². The van der Waals surface area contributed by atoms with E-state index in [1.165, 1.54) is 0 Å². The van der Waals surface area contributed by atoms with Crippen LogP contribution >= 0.6 is 0 Å². The Balaban J connectivity index is 0. The zero-order chi connectivity index (χ0) is 26.9. The molecule has 0 aromatic heterocycles. The molecule has 0 fully saturated rings. The van der Waals surface area contributed by atoms with Crippen LogP contribution < -0.4 is 22.1 Å². The molecule has 0 unspecified atom stereocenters. The van der Waals surface area contributed by atoms with E-state index in [9.17, 15) is 19.2 Å². The lowest BCUT2D eigenvalue weighted by atomic mass is 10.1. The van der Waals surface area contributed by atoms with E-state index >= 15 is 0 Å². The van der Waals surface area contributed by atoms with E-state index < -0.39 is 47.4 Å². The van der Waals surface area contributed by atoms with Crippen LogP contribution in [0.5, 0.6) is 0 Å². The Kier molecular flexibility index (Phi) is 16.7. The summed E-state index contributed by atoms with van der Waals surface area (Å²) in [6.45, 7) is 11.3. The van der Waals surface area contributed by atoms with Gasteiger partial charge in [0, 0.05) is 0 Å². The van der Waals surface area contributed by atoms with Crippen LogP contribution in [-0.2, 0) is 19.1 Å². The molecule has 12 nitrogen and oxygen atoms in total. The van der Waals surface area contributed by atoms with Gasteiger partial charge in [0.25, 0.3) is 0 Å². The molecule has 0 aromatic rings. The average Bonchev–Trinajstić information content (AvgIpc) is 2.64. The first-order valence-corrected chi connectivity index (χ1v) is 11.4. The van der Waals surface area contributed by atoms with E-state index in [1.54, 1.807) is 41.5 Å². The molecule has 0 spiro atoms. The molecule has 0 aliphatic carbocycles. The van der Waals surface area contributed by atoms with Crippen LogP contribution in [0.15, 0.2) is 0 Å². The third kappa shape index (κ3) is 21.3. The maximum atomic E-state index is 11.4. The van der Waals surface area contributed by atoms with Crippen molar-refractivity contribution in [2.45, 2.75) is 103 Å². The van der Waals surface area contributed by atoms with Crippen LogP contribution in [0.4, 0.5) is 9.59 Å². The summed E-state index contributed by atoms with van der Waals surface area (Å²) in [5, 5.41) is 22.5. The quantitative estimate of drug-likeness (QED) is 0.219. The van der Waals surface area contributed by atoms with E-state index in [-0.39, 0.29) is 0 Å². The fourth-order valence-corrected chi connectivity index (χ4v) is 2.40. The van der Waals surface area contributed by atoms with Gasteiger partial charge in [0.05, 0.1) is 0 Å². The van der Waals surface area contributed by atoms with E-state index in [2.05, 4.69) is 10.6 Å². The average molecular weight is 493 g/mol. The summed E-state index contributed by atoms with van der Waals surface area (Å²) in [6, 6.07) is -1.84. The molecule has 2 amide bonds. The van der Waals surface area contributed by atoms with E-state index in [0.29, 0.717) is 38.8 Å². The van der Waals surface area contributed by atoms with Crippen molar-refractivity contribution in [3.05, 3.63) is 0 Å². The molecule has 0 aliphatic rings. The van der Waals surface area contributed by atoms with Crippen LogP contribution in [0.2, 0.25) is 0 Å². The van der Waals surface area contributed by atoms with Crippen LogP contribution in [0, 0.1) is 0 Å². The topological polar surface area (TPSA) is 203 Å². The predicted octanol–water partition coefficient (Wildman–Crippen LogP) is 2.19. The summed E-state index contributed by atoms with van der Waals surface area (Å²) in [5.74, 6) is -2.12. The van der Waals surface area contributed by atoms with Gasteiger partial charge in [-0.3, -0.25) is 0 Å². The number of carbonyl (C=O) groups is 4. The van der Waals surface area contributed by atoms with Gasteiger partial charge < -0.3 is 41.8 Å². The van der Waals surface area contributed by atoms with E-state index in [1.807, 2.05) is 0 Å². The normalized spacial score (nSPS) is 12.9. The molecule has 0 saturated carbocycles. The molecular formula is C22H44N4O8. The highest BCUT2D eigenvalue weighted by Gasteiger charge is 2.24. The minimum absolute atomic E-state index is 0.353. The first-order chi connectivity index (χ1) is 15.5. The third-order valence-electron chi connectivity index (χ3n) is 3.87. The summed E-state index contributed by atoms with van der Waals surface area (Å²) < 4.78 is 9.97. The Bertz CT molecular complexity index is 575. The SMILES string of the molecule is CC(C)(C)OC(=O)N[C@@H](CCCCN)C(=O)O.CC(C)(C)OC(=O)N[C@@H](CCCCN)C(=O)O. The van der Waals surface area contributed by atoms with E-state index in [0.717, 1.165) is 12.8 Å². The number of hydrogen-bond donors (Lipinski definition) is 6. The summed E-state index contributed by atoms with van der Waals surface area (Å²) in [6.07, 6.45) is 2.07. The van der Waals surface area contributed by atoms with Crippen LogP contribution in [0.25, 0.3) is 0 Å². The van der Waals surface area contributed by atoms with Crippen molar-refractivity contribution in [3.63, 3.8) is 0 Å². The first kappa shape index (κ1) is 33.6. The first-order valence-electron chi connectivity index (χ1n) is 11.4. The van der Waals surface area contributed by atoms with Gasteiger partial charge in [-0.25, -0.2) is 19.2 Å². The molecular weight excluding hydrogens is 448 g/mol. The summed E-state index contributed by atoms with van der Waals surface area (Å²) in [4.78, 5) is 44.6. The summed E-state index contributed by atoms with van der Waals surface area (Å²) in [5.41, 5.74) is 9.36. The van der Waals surface area contributed by atoms with Crippen molar-refractivity contribution in [2.75, 3.05) is 13.1 Å². The Morgan fingerprint density at radius 3 is 1.18 bits per heavy atom. The van der Waals surface area contributed by atoms with Crippen LogP contribution in [0.1, 0.15) is 80.1 Å². The third-order valence-corrected chi connectivity index (χ3v) is 3.87. The lowest BCUT2D eigenvalue weighted by Crippen LogP contribution is -2.43. The number of carbonyl (C=O) groups excluding carboxylic acids is 2. The van der Waals surface area contributed by atoms with Crippen molar-refractivity contribution >= 4 is 24.1 Å². The van der Waals surface area contributed by atoms with Crippen LogP contribution in [0.3, 0.4) is 0 Å². The molecule has 0 saturated heterocycles. The van der Waals surface area contributed by atoms with Gasteiger partial charge in [0.1, 0.15) is 23.3 Å². The van der Waals surface area contributed by atoms with E-state index in [4.69, 9.17) is 31.2 Å². The number of aliphatic carboxylic acids is 2. The van der Waals surface area contributed by atoms with Gasteiger partial charge in [-0.1, -0.05) is 0 Å². The number of nitrogens with one attached hydrogen (secondary N) is 2. The van der Waals surface area contributed by atoms with Gasteiger partial charge in [-0.05, 0) is 93.2 Å². The minimum Gasteiger partial charge on any atom is -0.480 e. The van der Waals surface area contributed by atoms with Crippen molar-refractivity contribution in [1.82, 2.24) is 10.6 Å². The van der Waals surface area contributed by atoms with Gasteiger partial charge in [-0.2, -0.15) is 0 Å². The smallest absolute Gasteiger partial charge is 0.408 e. The molecule has 200 valence electrons. The molecule has 2 atom stereocenters. The fraction of sp³-hybridized carbons (Fsp3) is 0.818. The van der Waals surface area contributed by atoms with Gasteiger partial charge in [0.15, 0.2) is 0 Å². The monoisotopic (exact) mass is 492 g/mol. The Hall–Kier alpha value is -2.60. The number of ether oxygens (including phenoxy) is 2. The number of alkyl carbamates (subject to hydrolysis) is 2. The second-order valence-electron chi connectivity index (χ2n) is 9.64. The van der Waals surface area contributed by atoms with Crippen molar-refractivity contribution in [2.24, 2.45) is 11.5 Å². The number of rotatable bonds is 12. The predicted molar refractivity (Wildman–Crippen MR) is 127 cm³/mol. The fourth-order valence-electron chi connectivity index (χ4n) is 2.40. The molecule has 0 aliphatic heterocycles. The van der Waals surface area contributed by atoms with Crippen molar-refractivity contribution < 1.29 is 38.9 Å².